The molecule has 1 aliphatic rings. The van der Waals surface area contributed by atoms with E-state index >= 15 is 0 Å². The average molecular weight is 630 g/mol. The summed E-state index contributed by atoms with van der Waals surface area (Å²) in [7, 11) is -4.69. The van der Waals surface area contributed by atoms with Crippen molar-refractivity contribution < 1.29 is 4.43 Å². The number of hydrogen-bond acceptors (Lipinski definition) is 1. The Balaban J connectivity index is 2.11. The maximum Gasteiger partial charge on any atom is 0.305 e. The molecule has 0 bridgehead atoms. The molecule has 0 N–H and O–H groups in total. The van der Waals surface area contributed by atoms with Crippen molar-refractivity contribution in [3.05, 3.63) is 127 Å². The van der Waals surface area contributed by atoms with Gasteiger partial charge in [-0.05, 0) is 151 Å². The average Bonchev–Trinajstić information content (AvgIpc) is 2.90. The minimum Gasteiger partial charge on any atom is -0.540 e. The lowest BCUT2D eigenvalue weighted by molar-refractivity contribution is 0.395. The molecule has 4 aromatic carbocycles. The highest BCUT2D eigenvalue weighted by atomic mass is 29.2. The van der Waals surface area contributed by atoms with Gasteiger partial charge >= 0.3 is 7.83 Å². The first-order chi connectivity index (χ1) is 21.2. The van der Waals surface area contributed by atoms with Gasteiger partial charge in [0.1, 0.15) is 0 Å². The first-order valence-electron chi connectivity index (χ1n) is 16.8. The zero-order chi connectivity index (χ0) is 32.8. The van der Waals surface area contributed by atoms with Crippen LogP contribution in [0.25, 0.3) is 0 Å². The van der Waals surface area contributed by atoms with Crippen LogP contribution >= 0.6 is 0 Å². The fourth-order valence-electron chi connectivity index (χ4n) is 8.72. The molecule has 45 heavy (non-hydrogen) atoms. The lowest BCUT2D eigenvalue weighted by Crippen LogP contribution is -2.80. The Labute approximate surface area is 276 Å². The number of allylic oxidation sites excluding steroid dienone is 2. The van der Waals surface area contributed by atoms with Gasteiger partial charge in [-0.25, -0.2) is 0 Å². The Kier molecular flexibility index (Phi) is 9.54. The zero-order valence-corrected chi connectivity index (χ0v) is 31.9. The van der Waals surface area contributed by atoms with Gasteiger partial charge in [0.25, 0.3) is 0 Å². The van der Waals surface area contributed by atoms with Crippen LogP contribution in [0, 0.1) is 83.1 Å². The van der Waals surface area contributed by atoms with Crippen LogP contribution in [0.5, 0.6) is 0 Å². The fourth-order valence-corrected chi connectivity index (χ4v) is 24.7. The highest BCUT2D eigenvalue weighted by Crippen LogP contribution is 2.30. The van der Waals surface area contributed by atoms with E-state index in [9.17, 15) is 0 Å². The molecule has 0 saturated heterocycles. The normalized spacial score (nSPS) is 13.8. The van der Waals surface area contributed by atoms with Gasteiger partial charge in [-0.15, -0.1) is 0 Å². The van der Waals surface area contributed by atoms with E-state index in [2.05, 4.69) is 138 Å². The topological polar surface area (TPSA) is 9.23 Å². The summed E-state index contributed by atoms with van der Waals surface area (Å²) in [4.78, 5) is 0. The molecule has 1 radical (unpaired) electrons. The van der Waals surface area contributed by atoms with Crippen LogP contribution in [0.15, 0.2) is 60.4 Å². The van der Waals surface area contributed by atoms with Gasteiger partial charge in [0, 0.05) is 6.42 Å². The third-order valence-corrected chi connectivity index (χ3v) is 22.1. The molecule has 3 heteroatoms. The van der Waals surface area contributed by atoms with Gasteiger partial charge in [0.15, 0.2) is 8.31 Å². The van der Waals surface area contributed by atoms with Crippen molar-refractivity contribution in [2.75, 3.05) is 0 Å². The predicted octanol–water partition coefficient (Wildman–Crippen LogP) is 8.31. The second-order valence-electron chi connectivity index (χ2n) is 14.2. The van der Waals surface area contributed by atoms with Crippen LogP contribution in [0.3, 0.4) is 0 Å². The predicted molar refractivity (Wildman–Crippen MR) is 200 cm³/mol. The Morgan fingerprint density at radius 2 is 0.800 bits per heavy atom. The standard InChI is InChI=1S/C42H53OSi2/c1-26-18-30(5)39(31(6)19-26)44(40-32(7)20-27(2)21-33(40)8)45(43-38-16-14-13-15-17-38,41-34(9)22-28(3)23-35(41)10)42-36(11)24-29(4)25-37(42)12/h16,18-25H,13-15,17H2,1-12H3. The first kappa shape index (κ1) is 33.2. The molecule has 0 fully saturated rings. The first-order valence-corrected chi connectivity index (χ1v) is 21.2. The zero-order valence-electron chi connectivity index (χ0n) is 29.9. The molecule has 5 rings (SSSR count). The third kappa shape index (κ3) is 6.19. The van der Waals surface area contributed by atoms with Gasteiger partial charge in [-0.1, -0.05) is 93.0 Å². The van der Waals surface area contributed by atoms with Crippen LogP contribution in [0.2, 0.25) is 0 Å². The van der Waals surface area contributed by atoms with Gasteiger partial charge in [-0.2, -0.15) is 0 Å². The Morgan fingerprint density at radius 3 is 1.11 bits per heavy atom. The maximum absolute atomic E-state index is 8.15. The van der Waals surface area contributed by atoms with Crippen molar-refractivity contribution in [1.82, 2.24) is 0 Å². The van der Waals surface area contributed by atoms with Crippen molar-refractivity contribution >= 4 is 36.9 Å². The summed E-state index contributed by atoms with van der Waals surface area (Å²) >= 11 is 0. The summed E-state index contributed by atoms with van der Waals surface area (Å²) in [5, 5.41) is 6.06. The molecule has 1 nitrogen and oxygen atoms in total. The molecule has 0 unspecified atom stereocenters. The monoisotopic (exact) mass is 629 g/mol. The lowest BCUT2D eigenvalue weighted by atomic mass is 10.1. The van der Waals surface area contributed by atoms with E-state index in [0.717, 1.165) is 12.8 Å². The van der Waals surface area contributed by atoms with Crippen molar-refractivity contribution in [2.45, 2.75) is 109 Å². The Bertz CT molecular complexity index is 1600. The van der Waals surface area contributed by atoms with Crippen molar-refractivity contribution in [1.29, 1.82) is 0 Å². The summed E-state index contributed by atoms with van der Waals surface area (Å²) in [5.74, 6) is 1.22. The summed E-state index contributed by atoms with van der Waals surface area (Å²) in [6, 6.07) is 19.4. The minimum atomic E-state index is -3.10. The van der Waals surface area contributed by atoms with Crippen LogP contribution in [-0.4, -0.2) is 16.1 Å². The number of benzene rings is 4. The molecule has 0 spiro atoms. The van der Waals surface area contributed by atoms with E-state index in [1.165, 1.54) is 95.7 Å². The van der Waals surface area contributed by atoms with Crippen LogP contribution in [-0.2, 0) is 4.43 Å². The maximum atomic E-state index is 8.15. The molecule has 0 amide bonds. The summed E-state index contributed by atoms with van der Waals surface area (Å²) in [6.07, 6.45) is 7.00. The van der Waals surface area contributed by atoms with E-state index < -0.39 is 16.1 Å². The summed E-state index contributed by atoms with van der Waals surface area (Å²) in [5.41, 5.74) is 16.5. The molecule has 0 atom stereocenters. The highest BCUT2D eigenvalue weighted by Gasteiger charge is 2.56. The summed E-state index contributed by atoms with van der Waals surface area (Å²) < 4.78 is 8.15. The van der Waals surface area contributed by atoms with Crippen LogP contribution in [0.1, 0.15) is 92.4 Å². The third-order valence-electron chi connectivity index (χ3n) is 9.80. The molecular weight excluding hydrogens is 577 g/mol. The van der Waals surface area contributed by atoms with Crippen LogP contribution < -0.4 is 20.7 Å². The number of rotatable bonds is 7. The van der Waals surface area contributed by atoms with Crippen molar-refractivity contribution in [3.8, 4) is 0 Å². The smallest absolute Gasteiger partial charge is 0.305 e. The SMILES string of the molecule is Cc1cc(C)c([Si](c2c(C)cc(C)cc2C)[Si](OC2=CCCCC2)(c2c(C)cc(C)cc2C)c2c(C)cc(C)cc2C)c(C)c1. The highest BCUT2D eigenvalue weighted by molar-refractivity contribution is 7.49. The van der Waals surface area contributed by atoms with E-state index in [1.54, 1.807) is 10.4 Å². The quantitative estimate of drug-likeness (QED) is 0.187. The molecule has 0 aromatic heterocycles. The molecule has 235 valence electrons. The largest absolute Gasteiger partial charge is 0.540 e. The van der Waals surface area contributed by atoms with Gasteiger partial charge < -0.3 is 4.43 Å². The second-order valence-corrected chi connectivity index (χ2v) is 22.1. The Hall–Kier alpha value is -3.15. The van der Waals surface area contributed by atoms with Crippen molar-refractivity contribution in [2.24, 2.45) is 0 Å². The van der Waals surface area contributed by atoms with Crippen molar-refractivity contribution in [3.63, 3.8) is 0 Å². The van der Waals surface area contributed by atoms with Gasteiger partial charge in [0.05, 0.1) is 5.76 Å². The van der Waals surface area contributed by atoms with E-state index in [-0.39, 0.29) is 0 Å². The number of aryl methyl sites for hydroxylation is 12. The second kappa shape index (κ2) is 12.9. The minimum absolute atomic E-state index is 1.02. The molecule has 4 aromatic rings. The summed E-state index contributed by atoms with van der Waals surface area (Å²) in [6.45, 7) is 27.9. The molecule has 0 aliphatic heterocycles. The molecule has 0 saturated carbocycles. The fraction of sp³-hybridized carbons (Fsp3) is 0.381. The van der Waals surface area contributed by atoms with Crippen LogP contribution in [0.4, 0.5) is 0 Å². The van der Waals surface area contributed by atoms with Gasteiger partial charge in [0.2, 0.25) is 0 Å². The van der Waals surface area contributed by atoms with E-state index in [4.69, 9.17) is 4.43 Å². The van der Waals surface area contributed by atoms with Gasteiger partial charge in [-0.3, -0.25) is 0 Å². The molecular formula is C42H53OSi2. The Morgan fingerprint density at radius 1 is 0.467 bits per heavy atom. The van der Waals surface area contributed by atoms with E-state index in [1.807, 2.05) is 0 Å². The molecule has 0 heterocycles. The lowest BCUT2D eigenvalue weighted by Gasteiger charge is -2.45. The number of hydrogen-bond donors (Lipinski definition) is 0. The van der Waals surface area contributed by atoms with E-state index in [0.29, 0.717) is 0 Å². The molecule has 1 aliphatic carbocycles.